The summed E-state index contributed by atoms with van der Waals surface area (Å²) in [6.07, 6.45) is 7.91. The first-order valence-electron chi connectivity index (χ1n) is 9.70. The molecule has 1 N–H and O–H groups in total. The third-order valence-corrected chi connectivity index (χ3v) is 5.62. The number of imidazole rings is 1. The van der Waals surface area contributed by atoms with Gasteiger partial charge in [-0.15, -0.1) is 0 Å². The van der Waals surface area contributed by atoms with Crippen LogP contribution in [0.5, 0.6) is 0 Å². The number of carbonyl (C=O) groups excluding carboxylic acids is 1. The zero-order valence-electron chi connectivity index (χ0n) is 15.3. The van der Waals surface area contributed by atoms with Crippen LogP contribution in [-0.4, -0.2) is 43.6 Å². The predicted octanol–water partition coefficient (Wildman–Crippen LogP) is 2.78. The summed E-state index contributed by atoms with van der Waals surface area (Å²) in [5.41, 5.74) is 4.86. The van der Waals surface area contributed by atoms with Crippen molar-refractivity contribution < 1.29 is 4.79 Å². The van der Waals surface area contributed by atoms with Gasteiger partial charge in [0, 0.05) is 49.1 Å². The molecule has 0 radical (unpaired) electrons. The molecule has 3 aromatic rings. The second-order valence-electron chi connectivity index (χ2n) is 7.47. The van der Waals surface area contributed by atoms with Gasteiger partial charge in [0.15, 0.2) is 0 Å². The van der Waals surface area contributed by atoms with Crippen LogP contribution in [0, 0.1) is 0 Å². The Labute approximate surface area is 158 Å². The number of nitrogens with zero attached hydrogens (tertiary/aromatic N) is 4. The van der Waals surface area contributed by atoms with Crippen molar-refractivity contribution in [2.75, 3.05) is 13.1 Å². The Balaban J connectivity index is 1.29. The van der Waals surface area contributed by atoms with E-state index in [0.29, 0.717) is 12.5 Å². The third kappa shape index (κ3) is 3.16. The van der Waals surface area contributed by atoms with Gasteiger partial charge in [-0.05, 0) is 24.8 Å². The van der Waals surface area contributed by atoms with E-state index in [1.165, 1.54) is 29.8 Å². The summed E-state index contributed by atoms with van der Waals surface area (Å²) in [5, 5.41) is 7.76. The van der Waals surface area contributed by atoms with Gasteiger partial charge in [0.05, 0.1) is 5.69 Å². The van der Waals surface area contributed by atoms with Gasteiger partial charge in [-0.3, -0.25) is 9.89 Å². The number of amides is 1. The van der Waals surface area contributed by atoms with E-state index >= 15 is 0 Å². The molecule has 1 fully saturated rings. The molecule has 3 heterocycles. The Morgan fingerprint density at radius 1 is 1.15 bits per heavy atom. The van der Waals surface area contributed by atoms with Crippen molar-refractivity contribution in [3.63, 3.8) is 0 Å². The zero-order chi connectivity index (χ0) is 18.2. The van der Waals surface area contributed by atoms with E-state index in [-0.39, 0.29) is 5.91 Å². The summed E-state index contributed by atoms with van der Waals surface area (Å²) in [6.45, 7) is 1.83. The van der Waals surface area contributed by atoms with Gasteiger partial charge in [0.1, 0.15) is 12.4 Å². The molecule has 0 bridgehead atoms. The molecule has 1 aliphatic heterocycles. The van der Waals surface area contributed by atoms with Gasteiger partial charge in [-0.2, -0.15) is 5.10 Å². The summed E-state index contributed by atoms with van der Waals surface area (Å²) >= 11 is 0. The molecule has 0 atom stereocenters. The van der Waals surface area contributed by atoms with Crippen LogP contribution in [0.1, 0.15) is 35.7 Å². The lowest BCUT2D eigenvalue weighted by Crippen LogP contribution is -2.36. The maximum atomic E-state index is 13.0. The molecule has 1 amide bonds. The highest BCUT2D eigenvalue weighted by atomic mass is 16.2. The molecular weight excluding hydrogens is 338 g/mol. The Morgan fingerprint density at radius 3 is 2.78 bits per heavy atom. The summed E-state index contributed by atoms with van der Waals surface area (Å²) < 4.78 is 1.94. The van der Waals surface area contributed by atoms with E-state index in [1.807, 2.05) is 46.0 Å². The second kappa shape index (κ2) is 6.68. The first-order valence-corrected chi connectivity index (χ1v) is 9.70. The Morgan fingerprint density at radius 2 is 1.96 bits per heavy atom. The van der Waals surface area contributed by atoms with E-state index in [9.17, 15) is 4.79 Å². The quantitative estimate of drug-likeness (QED) is 0.777. The van der Waals surface area contributed by atoms with Crippen molar-refractivity contribution in [3.8, 4) is 11.4 Å². The van der Waals surface area contributed by atoms with Gasteiger partial charge in [-0.1, -0.05) is 30.3 Å². The molecule has 1 aliphatic carbocycles. The van der Waals surface area contributed by atoms with Crippen LogP contribution in [-0.2, 0) is 24.2 Å². The third-order valence-electron chi connectivity index (χ3n) is 5.62. The number of rotatable bonds is 4. The summed E-state index contributed by atoms with van der Waals surface area (Å²) in [4.78, 5) is 19.4. The molecule has 2 aliphatic rings. The number of benzene rings is 1. The van der Waals surface area contributed by atoms with Gasteiger partial charge >= 0.3 is 0 Å². The van der Waals surface area contributed by atoms with Gasteiger partial charge < -0.3 is 9.47 Å². The first-order chi connectivity index (χ1) is 13.3. The van der Waals surface area contributed by atoms with Crippen molar-refractivity contribution in [1.29, 1.82) is 0 Å². The van der Waals surface area contributed by atoms with Crippen LogP contribution in [0.4, 0.5) is 0 Å². The zero-order valence-corrected chi connectivity index (χ0v) is 15.3. The molecule has 6 nitrogen and oxygen atoms in total. The molecule has 2 aromatic heterocycles. The van der Waals surface area contributed by atoms with Crippen LogP contribution in [0.15, 0.2) is 42.7 Å². The van der Waals surface area contributed by atoms with Crippen LogP contribution in [0.25, 0.3) is 11.4 Å². The van der Waals surface area contributed by atoms with Gasteiger partial charge in [-0.25, -0.2) is 4.98 Å². The molecule has 6 heteroatoms. The number of H-pyrrole nitrogens is 1. The van der Waals surface area contributed by atoms with E-state index < -0.39 is 0 Å². The van der Waals surface area contributed by atoms with Crippen LogP contribution in [0.3, 0.4) is 0 Å². The maximum Gasteiger partial charge on any atom is 0.242 e. The molecule has 1 aromatic carbocycles. The second-order valence-corrected chi connectivity index (χ2v) is 7.47. The van der Waals surface area contributed by atoms with E-state index in [0.717, 1.165) is 37.3 Å². The van der Waals surface area contributed by atoms with Crippen LogP contribution in [0.2, 0.25) is 0 Å². The lowest BCUT2D eigenvalue weighted by atomic mass is 10.1. The molecule has 0 unspecified atom stereocenters. The Hall–Kier alpha value is -2.89. The molecule has 138 valence electrons. The van der Waals surface area contributed by atoms with E-state index in [2.05, 4.69) is 15.2 Å². The fourth-order valence-corrected chi connectivity index (χ4v) is 3.98. The monoisotopic (exact) mass is 361 g/mol. The smallest absolute Gasteiger partial charge is 0.242 e. The highest BCUT2D eigenvalue weighted by Crippen LogP contribution is 2.41. The predicted molar refractivity (Wildman–Crippen MR) is 102 cm³/mol. The van der Waals surface area contributed by atoms with Crippen molar-refractivity contribution in [2.24, 2.45) is 0 Å². The van der Waals surface area contributed by atoms with Gasteiger partial charge in [0.25, 0.3) is 0 Å². The van der Waals surface area contributed by atoms with Crippen LogP contribution < -0.4 is 0 Å². The molecule has 27 heavy (non-hydrogen) atoms. The Bertz CT molecular complexity index is 954. The maximum absolute atomic E-state index is 13.0. The molecule has 0 spiro atoms. The number of carbonyl (C=O) groups is 1. The number of aromatic nitrogens is 4. The normalized spacial score (nSPS) is 16.8. The number of nitrogens with one attached hydrogen (secondary N) is 1. The fourth-order valence-electron chi connectivity index (χ4n) is 3.98. The molecule has 5 rings (SSSR count). The minimum atomic E-state index is 0.149. The van der Waals surface area contributed by atoms with Crippen LogP contribution >= 0.6 is 0 Å². The highest BCUT2D eigenvalue weighted by molar-refractivity contribution is 5.77. The van der Waals surface area contributed by atoms with Crippen molar-refractivity contribution >= 4 is 5.91 Å². The standard InChI is InChI=1S/C21H23N5O/c27-19(14-26-13-10-22-21(26)16-4-2-1-3-5-16)25-11-8-17-18(9-12-25)23-24-20(17)15-6-7-15/h1-5,10,13,15H,6-9,11-12,14H2,(H,23,24). The minimum Gasteiger partial charge on any atom is -0.340 e. The SMILES string of the molecule is O=C(Cn1ccnc1-c1ccccc1)N1CCc2[nH]nc(C3CC3)c2CC1. The van der Waals surface area contributed by atoms with E-state index in [4.69, 9.17) is 0 Å². The van der Waals surface area contributed by atoms with Gasteiger partial charge in [0.2, 0.25) is 5.91 Å². The van der Waals surface area contributed by atoms with Crippen molar-refractivity contribution in [2.45, 2.75) is 38.1 Å². The van der Waals surface area contributed by atoms with Crippen molar-refractivity contribution in [3.05, 3.63) is 59.7 Å². The fraction of sp³-hybridized carbons (Fsp3) is 0.381. The summed E-state index contributed by atoms with van der Waals surface area (Å²) in [7, 11) is 0. The topological polar surface area (TPSA) is 66.8 Å². The summed E-state index contributed by atoms with van der Waals surface area (Å²) in [6, 6.07) is 10.0. The molecular formula is C21H23N5O. The van der Waals surface area contributed by atoms with E-state index in [1.54, 1.807) is 6.20 Å². The summed E-state index contributed by atoms with van der Waals surface area (Å²) in [5.74, 6) is 1.63. The number of hydrogen-bond acceptors (Lipinski definition) is 3. The Kier molecular flexibility index (Phi) is 4.03. The molecule has 0 saturated heterocycles. The lowest BCUT2D eigenvalue weighted by molar-refractivity contribution is -0.131. The average molecular weight is 361 g/mol. The highest BCUT2D eigenvalue weighted by Gasteiger charge is 2.31. The largest absolute Gasteiger partial charge is 0.340 e. The minimum absolute atomic E-state index is 0.149. The van der Waals surface area contributed by atoms with Crippen molar-refractivity contribution in [1.82, 2.24) is 24.6 Å². The number of hydrogen-bond donors (Lipinski definition) is 1. The number of fused-ring (bicyclic) bond motifs is 1. The molecule has 1 saturated carbocycles. The average Bonchev–Trinajstić information content (AvgIpc) is 3.37. The number of aromatic amines is 1. The first kappa shape index (κ1) is 16.3. The lowest BCUT2D eigenvalue weighted by Gasteiger charge is -2.21.